The lowest BCUT2D eigenvalue weighted by Gasteiger charge is -2.36. The molecule has 4 heteroatoms. The Balaban J connectivity index is 2.30. The number of nitrogens with two attached hydrogens (primary N) is 1. The van der Waals surface area contributed by atoms with E-state index in [0.717, 1.165) is 25.2 Å². The van der Waals surface area contributed by atoms with Gasteiger partial charge in [-0.1, -0.05) is 18.5 Å². The number of rotatable bonds is 1. The number of halogens is 1. The van der Waals surface area contributed by atoms with Crippen LogP contribution in [-0.4, -0.2) is 19.1 Å². The van der Waals surface area contributed by atoms with Gasteiger partial charge in [-0.15, -0.1) is 0 Å². The summed E-state index contributed by atoms with van der Waals surface area (Å²) in [6, 6.07) is 7.82. The number of hydrogen-bond donors (Lipinski definition) is 1. The SMILES string of the molecule is CC1CC(N)CN(c2ccc(Cl)cc2C#N)C1. The summed E-state index contributed by atoms with van der Waals surface area (Å²) in [6.07, 6.45) is 1.05. The first kappa shape index (κ1) is 12.2. The smallest absolute Gasteiger partial charge is 0.101 e. The van der Waals surface area contributed by atoms with Crippen LogP contribution in [0.1, 0.15) is 18.9 Å². The Morgan fingerprint density at radius 1 is 1.47 bits per heavy atom. The number of nitriles is 1. The predicted molar refractivity (Wildman–Crippen MR) is 70.1 cm³/mol. The molecular formula is C13H16ClN3. The number of benzene rings is 1. The molecule has 2 N–H and O–H groups in total. The first-order valence-electron chi connectivity index (χ1n) is 5.80. The quantitative estimate of drug-likeness (QED) is 0.832. The van der Waals surface area contributed by atoms with E-state index in [2.05, 4.69) is 17.9 Å². The summed E-state index contributed by atoms with van der Waals surface area (Å²) in [6.45, 7) is 3.94. The van der Waals surface area contributed by atoms with Gasteiger partial charge in [0.05, 0.1) is 11.3 Å². The van der Waals surface area contributed by atoms with Crippen LogP contribution < -0.4 is 10.6 Å². The molecule has 0 radical (unpaired) electrons. The van der Waals surface area contributed by atoms with Crippen LogP contribution in [0.2, 0.25) is 5.02 Å². The van der Waals surface area contributed by atoms with Crippen molar-refractivity contribution < 1.29 is 0 Å². The van der Waals surface area contributed by atoms with Crippen molar-refractivity contribution >= 4 is 17.3 Å². The van der Waals surface area contributed by atoms with E-state index in [-0.39, 0.29) is 6.04 Å². The highest BCUT2D eigenvalue weighted by atomic mass is 35.5. The van der Waals surface area contributed by atoms with E-state index in [1.807, 2.05) is 12.1 Å². The number of anilines is 1. The topological polar surface area (TPSA) is 53.0 Å². The fraction of sp³-hybridized carbons (Fsp3) is 0.462. The summed E-state index contributed by atoms with van der Waals surface area (Å²) >= 11 is 5.90. The van der Waals surface area contributed by atoms with Gasteiger partial charge in [-0.25, -0.2) is 0 Å². The van der Waals surface area contributed by atoms with Crippen LogP contribution in [0.3, 0.4) is 0 Å². The normalized spacial score (nSPS) is 24.5. The molecule has 1 aliphatic heterocycles. The molecule has 2 atom stereocenters. The molecule has 0 amide bonds. The Kier molecular flexibility index (Phi) is 3.56. The van der Waals surface area contributed by atoms with Crippen LogP contribution in [0.5, 0.6) is 0 Å². The zero-order valence-electron chi connectivity index (χ0n) is 9.86. The summed E-state index contributed by atoms with van der Waals surface area (Å²) in [5.41, 5.74) is 7.59. The Morgan fingerprint density at radius 2 is 2.24 bits per heavy atom. The molecule has 2 rings (SSSR count). The Bertz CT molecular complexity index is 442. The summed E-state index contributed by atoms with van der Waals surface area (Å²) in [5.74, 6) is 0.556. The van der Waals surface area contributed by atoms with Crippen LogP contribution >= 0.6 is 11.6 Å². The molecule has 1 saturated heterocycles. The van der Waals surface area contributed by atoms with Crippen molar-refractivity contribution in [3.8, 4) is 6.07 Å². The second kappa shape index (κ2) is 4.95. The maximum Gasteiger partial charge on any atom is 0.101 e. The third-order valence-corrected chi connectivity index (χ3v) is 3.35. The molecule has 90 valence electrons. The zero-order chi connectivity index (χ0) is 12.4. The van der Waals surface area contributed by atoms with Crippen molar-refractivity contribution in [3.63, 3.8) is 0 Å². The second-order valence-electron chi connectivity index (χ2n) is 4.78. The standard InChI is InChI=1S/C13H16ClN3/c1-9-4-12(16)8-17(7-9)13-3-2-11(14)5-10(13)6-15/h2-3,5,9,12H,4,7-8,16H2,1H3. The van der Waals surface area contributed by atoms with Crippen molar-refractivity contribution in [1.82, 2.24) is 0 Å². The lowest BCUT2D eigenvalue weighted by atomic mass is 9.95. The maximum atomic E-state index is 9.14. The highest BCUT2D eigenvalue weighted by Gasteiger charge is 2.23. The maximum absolute atomic E-state index is 9.14. The van der Waals surface area contributed by atoms with Gasteiger partial charge in [-0.2, -0.15) is 5.26 Å². The van der Waals surface area contributed by atoms with Crippen LogP contribution in [0.4, 0.5) is 5.69 Å². The fourth-order valence-corrected chi connectivity index (χ4v) is 2.64. The highest BCUT2D eigenvalue weighted by Crippen LogP contribution is 2.27. The van der Waals surface area contributed by atoms with E-state index in [9.17, 15) is 0 Å². The fourth-order valence-electron chi connectivity index (χ4n) is 2.47. The molecule has 0 spiro atoms. The van der Waals surface area contributed by atoms with Crippen molar-refractivity contribution in [2.24, 2.45) is 11.7 Å². The van der Waals surface area contributed by atoms with Gasteiger partial charge < -0.3 is 10.6 Å². The van der Waals surface area contributed by atoms with Gasteiger partial charge in [-0.3, -0.25) is 0 Å². The molecule has 1 aliphatic rings. The lowest BCUT2D eigenvalue weighted by molar-refractivity contribution is 0.401. The van der Waals surface area contributed by atoms with E-state index >= 15 is 0 Å². The minimum atomic E-state index is 0.181. The van der Waals surface area contributed by atoms with Crippen molar-refractivity contribution in [3.05, 3.63) is 28.8 Å². The highest BCUT2D eigenvalue weighted by molar-refractivity contribution is 6.30. The minimum absolute atomic E-state index is 0.181. The minimum Gasteiger partial charge on any atom is -0.369 e. The lowest BCUT2D eigenvalue weighted by Crippen LogP contribution is -2.46. The van der Waals surface area contributed by atoms with Crippen molar-refractivity contribution in [1.29, 1.82) is 5.26 Å². The van der Waals surface area contributed by atoms with Gasteiger partial charge in [-0.05, 0) is 30.5 Å². The molecule has 0 aromatic heterocycles. The van der Waals surface area contributed by atoms with Crippen LogP contribution in [-0.2, 0) is 0 Å². The third-order valence-electron chi connectivity index (χ3n) is 3.11. The summed E-state index contributed by atoms with van der Waals surface area (Å²) in [4.78, 5) is 2.19. The molecule has 1 aromatic rings. The van der Waals surface area contributed by atoms with Crippen molar-refractivity contribution in [2.75, 3.05) is 18.0 Å². The van der Waals surface area contributed by atoms with Crippen LogP contribution in [0, 0.1) is 17.2 Å². The molecule has 17 heavy (non-hydrogen) atoms. The van der Waals surface area contributed by atoms with Gasteiger partial charge in [0.25, 0.3) is 0 Å². The molecule has 1 fully saturated rings. The van der Waals surface area contributed by atoms with Crippen molar-refractivity contribution in [2.45, 2.75) is 19.4 Å². The van der Waals surface area contributed by atoms with E-state index < -0.39 is 0 Å². The molecular weight excluding hydrogens is 234 g/mol. The van der Waals surface area contributed by atoms with E-state index in [1.54, 1.807) is 6.07 Å². The molecule has 0 saturated carbocycles. The van der Waals surface area contributed by atoms with Gasteiger partial charge >= 0.3 is 0 Å². The summed E-state index contributed by atoms with van der Waals surface area (Å²) < 4.78 is 0. The average molecular weight is 250 g/mol. The second-order valence-corrected chi connectivity index (χ2v) is 5.22. The monoisotopic (exact) mass is 249 g/mol. The average Bonchev–Trinajstić information content (AvgIpc) is 2.27. The molecule has 0 bridgehead atoms. The molecule has 0 aliphatic carbocycles. The molecule has 1 heterocycles. The summed E-state index contributed by atoms with van der Waals surface area (Å²) in [7, 11) is 0. The van der Waals surface area contributed by atoms with Gasteiger partial charge in [0.1, 0.15) is 6.07 Å². The predicted octanol–water partition coefficient (Wildman–Crippen LogP) is 2.39. The summed E-state index contributed by atoms with van der Waals surface area (Å²) in [5, 5.41) is 9.74. The Morgan fingerprint density at radius 3 is 2.88 bits per heavy atom. The van der Waals surface area contributed by atoms with Crippen LogP contribution in [0.15, 0.2) is 18.2 Å². The van der Waals surface area contributed by atoms with Gasteiger partial charge in [0.2, 0.25) is 0 Å². The van der Waals surface area contributed by atoms with E-state index in [0.29, 0.717) is 16.5 Å². The number of hydrogen-bond acceptors (Lipinski definition) is 3. The molecule has 2 unspecified atom stereocenters. The third kappa shape index (κ3) is 2.71. The molecule has 1 aromatic carbocycles. The van der Waals surface area contributed by atoms with E-state index in [4.69, 9.17) is 22.6 Å². The first-order valence-corrected chi connectivity index (χ1v) is 6.18. The number of piperidine rings is 1. The Hall–Kier alpha value is -1.24. The van der Waals surface area contributed by atoms with Gasteiger partial charge in [0.15, 0.2) is 0 Å². The Labute approximate surface area is 107 Å². The largest absolute Gasteiger partial charge is 0.369 e. The number of nitrogens with zero attached hydrogens (tertiary/aromatic N) is 2. The molecule has 3 nitrogen and oxygen atoms in total. The van der Waals surface area contributed by atoms with E-state index in [1.165, 1.54) is 0 Å². The zero-order valence-corrected chi connectivity index (χ0v) is 10.6. The van der Waals surface area contributed by atoms with Gasteiger partial charge in [0, 0.05) is 24.2 Å². The van der Waals surface area contributed by atoms with Crippen LogP contribution in [0.25, 0.3) is 0 Å². The first-order chi connectivity index (χ1) is 8.10.